The van der Waals surface area contributed by atoms with Crippen molar-refractivity contribution in [1.82, 2.24) is 10.2 Å². The summed E-state index contributed by atoms with van der Waals surface area (Å²) in [4.78, 5) is 13.6. The van der Waals surface area contributed by atoms with Gasteiger partial charge in [-0.3, -0.25) is 4.79 Å². The van der Waals surface area contributed by atoms with Crippen LogP contribution in [0.5, 0.6) is 0 Å². The predicted octanol–water partition coefficient (Wildman–Crippen LogP) is 3.04. The van der Waals surface area contributed by atoms with E-state index in [-0.39, 0.29) is 17.8 Å². The van der Waals surface area contributed by atoms with Crippen LogP contribution in [0.1, 0.15) is 39.0 Å². The van der Waals surface area contributed by atoms with Gasteiger partial charge in [-0.25, -0.2) is 4.39 Å². The first-order chi connectivity index (χ1) is 11.0. The summed E-state index contributed by atoms with van der Waals surface area (Å²) in [5.41, 5.74) is 0.804. The minimum absolute atomic E-state index is 0.0357. The minimum Gasteiger partial charge on any atom is -0.353 e. The molecular formula is C17H22FN3OS. The minimum atomic E-state index is -0.255. The largest absolute Gasteiger partial charge is 0.353 e. The van der Waals surface area contributed by atoms with Crippen molar-refractivity contribution in [1.29, 1.82) is 0 Å². The third-order valence-corrected chi connectivity index (χ3v) is 5.02. The van der Waals surface area contributed by atoms with Gasteiger partial charge in [0, 0.05) is 30.7 Å². The van der Waals surface area contributed by atoms with Crippen LogP contribution in [0.25, 0.3) is 0 Å². The number of rotatable bonds is 2. The van der Waals surface area contributed by atoms with Crippen LogP contribution in [-0.4, -0.2) is 34.0 Å². The van der Waals surface area contributed by atoms with Crippen LogP contribution in [0.2, 0.25) is 0 Å². The molecule has 0 radical (unpaired) electrons. The van der Waals surface area contributed by atoms with Crippen molar-refractivity contribution >= 4 is 28.9 Å². The molecule has 2 aliphatic rings. The number of carbonyl (C=O) groups is 1. The topological polar surface area (TPSA) is 44.4 Å². The zero-order chi connectivity index (χ0) is 16.4. The maximum atomic E-state index is 13.0. The molecule has 2 heterocycles. The van der Waals surface area contributed by atoms with E-state index >= 15 is 0 Å². The number of amides is 1. The molecule has 2 aliphatic heterocycles. The van der Waals surface area contributed by atoms with Crippen LogP contribution >= 0.6 is 12.2 Å². The molecule has 0 saturated carbocycles. The standard InChI is InChI=1S/C17H22FN3OS/c1-11(22)19-14-9-15-3-2-4-16(10-14)21(15)17(23)20-13-7-5-12(18)6-8-13/h5-8,14-16H,2-4,9-10H2,1H3,(H,19,22)(H,20,23)/t14?,15-,16+. The van der Waals surface area contributed by atoms with E-state index in [1.165, 1.54) is 18.6 Å². The number of hydrogen-bond acceptors (Lipinski definition) is 2. The normalized spacial score (nSPS) is 26.5. The molecule has 23 heavy (non-hydrogen) atoms. The van der Waals surface area contributed by atoms with E-state index < -0.39 is 0 Å². The lowest BCUT2D eigenvalue weighted by atomic mass is 9.82. The van der Waals surface area contributed by atoms with Gasteiger partial charge in [-0.1, -0.05) is 0 Å². The lowest BCUT2D eigenvalue weighted by Gasteiger charge is -2.50. The zero-order valence-electron chi connectivity index (χ0n) is 13.2. The summed E-state index contributed by atoms with van der Waals surface area (Å²) in [5.74, 6) is -0.219. The molecule has 4 nitrogen and oxygen atoms in total. The number of hydrogen-bond donors (Lipinski definition) is 2. The van der Waals surface area contributed by atoms with Gasteiger partial charge in [0.05, 0.1) is 0 Å². The van der Waals surface area contributed by atoms with Crippen LogP contribution < -0.4 is 10.6 Å². The first kappa shape index (κ1) is 16.2. The molecule has 0 spiro atoms. The fraction of sp³-hybridized carbons (Fsp3) is 0.529. The lowest BCUT2D eigenvalue weighted by Crippen LogP contribution is -2.59. The second-order valence-electron chi connectivity index (χ2n) is 6.45. The number of fused-ring (bicyclic) bond motifs is 2. The maximum Gasteiger partial charge on any atom is 0.217 e. The van der Waals surface area contributed by atoms with Gasteiger partial charge in [0.1, 0.15) is 5.82 Å². The van der Waals surface area contributed by atoms with Gasteiger partial charge in [0.25, 0.3) is 0 Å². The Morgan fingerprint density at radius 2 is 1.83 bits per heavy atom. The van der Waals surface area contributed by atoms with E-state index in [0.717, 1.165) is 31.4 Å². The smallest absolute Gasteiger partial charge is 0.217 e. The molecule has 0 aromatic heterocycles. The Kier molecular flexibility index (Phi) is 4.80. The van der Waals surface area contributed by atoms with E-state index in [0.29, 0.717) is 17.2 Å². The van der Waals surface area contributed by atoms with Crippen molar-refractivity contribution in [2.24, 2.45) is 0 Å². The fourth-order valence-corrected chi connectivity index (χ4v) is 4.26. The van der Waals surface area contributed by atoms with Crippen LogP contribution in [0.4, 0.5) is 10.1 Å². The molecule has 2 N–H and O–H groups in total. The summed E-state index contributed by atoms with van der Waals surface area (Å²) in [7, 11) is 0. The third kappa shape index (κ3) is 3.80. The van der Waals surface area contributed by atoms with E-state index in [1.807, 2.05) is 0 Å². The Balaban J connectivity index is 1.68. The molecule has 124 valence electrons. The van der Waals surface area contributed by atoms with Crippen LogP contribution in [0.15, 0.2) is 24.3 Å². The first-order valence-corrected chi connectivity index (χ1v) is 8.56. The number of thiocarbonyl (C=S) groups is 1. The highest BCUT2D eigenvalue weighted by Gasteiger charge is 2.39. The molecular weight excluding hydrogens is 313 g/mol. The van der Waals surface area contributed by atoms with Crippen molar-refractivity contribution in [2.75, 3.05) is 5.32 Å². The Morgan fingerprint density at radius 1 is 1.22 bits per heavy atom. The molecule has 3 rings (SSSR count). The van der Waals surface area contributed by atoms with Gasteiger partial charge >= 0.3 is 0 Å². The van der Waals surface area contributed by atoms with Gasteiger partial charge in [-0.2, -0.15) is 0 Å². The van der Waals surface area contributed by atoms with Crippen molar-refractivity contribution in [3.8, 4) is 0 Å². The van der Waals surface area contributed by atoms with Crippen molar-refractivity contribution < 1.29 is 9.18 Å². The van der Waals surface area contributed by atoms with E-state index in [4.69, 9.17) is 12.2 Å². The number of anilines is 1. The van der Waals surface area contributed by atoms with Crippen molar-refractivity contribution in [3.05, 3.63) is 30.1 Å². The van der Waals surface area contributed by atoms with Gasteiger partial charge in [-0.15, -0.1) is 0 Å². The predicted molar refractivity (Wildman–Crippen MR) is 92.7 cm³/mol. The Morgan fingerprint density at radius 3 is 2.39 bits per heavy atom. The number of nitrogens with one attached hydrogen (secondary N) is 2. The average molecular weight is 335 g/mol. The number of piperidine rings is 2. The fourth-order valence-electron chi connectivity index (χ4n) is 3.84. The molecule has 1 aromatic carbocycles. The van der Waals surface area contributed by atoms with Crippen molar-refractivity contribution in [3.63, 3.8) is 0 Å². The van der Waals surface area contributed by atoms with Crippen LogP contribution in [0, 0.1) is 5.82 Å². The Labute approximate surface area is 141 Å². The molecule has 0 aliphatic carbocycles. The average Bonchev–Trinajstić information content (AvgIpc) is 2.48. The van der Waals surface area contributed by atoms with Gasteiger partial charge in [-0.05, 0) is 68.6 Å². The summed E-state index contributed by atoms with van der Waals surface area (Å²) in [6.45, 7) is 1.57. The highest BCUT2D eigenvalue weighted by atomic mass is 32.1. The van der Waals surface area contributed by atoms with Gasteiger partial charge in [0.15, 0.2) is 5.11 Å². The molecule has 1 amide bonds. The molecule has 2 saturated heterocycles. The Hall–Kier alpha value is -1.69. The molecule has 1 aromatic rings. The maximum absolute atomic E-state index is 13.0. The van der Waals surface area contributed by atoms with Gasteiger partial charge in [0.2, 0.25) is 5.91 Å². The summed E-state index contributed by atoms with van der Waals surface area (Å²) in [6, 6.07) is 7.21. The molecule has 1 unspecified atom stereocenters. The van der Waals surface area contributed by atoms with Gasteiger partial charge < -0.3 is 15.5 Å². The highest BCUT2D eigenvalue weighted by Crippen LogP contribution is 2.34. The van der Waals surface area contributed by atoms with E-state index in [1.54, 1.807) is 19.1 Å². The van der Waals surface area contributed by atoms with Crippen LogP contribution in [0.3, 0.4) is 0 Å². The quantitative estimate of drug-likeness (QED) is 0.816. The monoisotopic (exact) mass is 335 g/mol. The summed E-state index contributed by atoms with van der Waals surface area (Å²) in [5, 5.41) is 6.98. The number of benzene rings is 1. The Bertz CT molecular complexity index is 578. The molecule has 6 heteroatoms. The second kappa shape index (κ2) is 6.83. The van der Waals surface area contributed by atoms with E-state index in [9.17, 15) is 9.18 Å². The summed E-state index contributed by atoms with van der Waals surface area (Å²) < 4.78 is 13.0. The summed E-state index contributed by atoms with van der Waals surface area (Å²) in [6.07, 6.45) is 5.26. The lowest BCUT2D eigenvalue weighted by molar-refractivity contribution is -0.120. The number of halogens is 1. The van der Waals surface area contributed by atoms with Crippen LogP contribution in [-0.2, 0) is 4.79 Å². The third-order valence-electron chi connectivity index (χ3n) is 4.71. The molecule has 3 atom stereocenters. The molecule has 2 fully saturated rings. The number of carbonyl (C=O) groups excluding carboxylic acids is 1. The van der Waals surface area contributed by atoms with E-state index in [2.05, 4.69) is 15.5 Å². The first-order valence-electron chi connectivity index (χ1n) is 8.15. The van der Waals surface area contributed by atoms with Crippen molar-refractivity contribution in [2.45, 2.75) is 57.2 Å². The SMILES string of the molecule is CC(=O)NC1C[C@H]2CCC[C@@H](C1)N2C(=S)Nc1ccc(F)cc1. The zero-order valence-corrected chi connectivity index (χ0v) is 14.0. The highest BCUT2D eigenvalue weighted by molar-refractivity contribution is 7.80. The molecule has 2 bridgehead atoms. The number of nitrogens with zero attached hydrogens (tertiary/aromatic N) is 1. The second-order valence-corrected chi connectivity index (χ2v) is 6.84. The summed E-state index contributed by atoms with van der Waals surface area (Å²) >= 11 is 5.60.